The quantitative estimate of drug-likeness (QED) is 0.835. The van der Waals surface area contributed by atoms with Crippen LogP contribution in [0.1, 0.15) is 16.7 Å². The van der Waals surface area contributed by atoms with E-state index in [1.54, 1.807) is 6.07 Å². The van der Waals surface area contributed by atoms with E-state index < -0.39 is 0 Å². The third-order valence-electron chi connectivity index (χ3n) is 2.91. The van der Waals surface area contributed by atoms with Crippen LogP contribution in [-0.4, -0.2) is 5.11 Å². The number of hydrogen-bond donors (Lipinski definition) is 1. The molecule has 2 aromatic rings. The molecule has 0 unspecified atom stereocenters. The number of rotatable bonds is 2. The van der Waals surface area contributed by atoms with Crippen LogP contribution in [0.5, 0.6) is 0 Å². The lowest BCUT2D eigenvalue weighted by Gasteiger charge is -2.11. The Morgan fingerprint density at radius 1 is 1.00 bits per heavy atom. The van der Waals surface area contributed by atoms with Gasteiger partial charge < -0.3 is 5.11 Å². The second kappa shape index (κ2) is 4.68. The molecule has 0 atom stereocenters. The summed E-state index contributed by atoms with van der Waals surface area (Å²) in [5, 5.41) is 9.29. The van der Waals surface area contributed by atoms with Crippen molar-refractivity contribution in [2.75, 3.05) is 0 Å². The molecule has 17 heavy (non-hydrogen) atoms. The maximum absolute atomic E-state index is 13.3. The molecule has 0 saturated heterocycles. The highest BCUT2D eigenvalue weighted by Crippen LogP contribution is 2.28. The van der Waals surface area contributed by atoms with E-state index in [0.717, 1.165) is 22.3 Å². The van der Waals surface area contributed by atoms with Gasteiger partial charge in [0, 0.05) is 0 Å². The normalized spacial score (nSPS) is 10.6. The summed E-state index contributed by atoms with van der Waals surface area (Å²) in [6, 6.07) is 10.5. The van der Waals surface area contributed by atoms with Crippen molar-refractivity contribution in [1.82, 2.24) is 0 Å². The maximum Gasteiger partial charge on any atom is 0.123 e. The number of benzene rings is 2. The Morgan fingerprint density at radius 2 is 1.76 bits per heavy atom. The van der Waals surface area contributed by atoms with Crippen LogP contribution in [0.2, 0.25) is 0 Å². The number of halogens is 1. The molecule has 0 aliphatic heterocycles. The van der Waals surface area contributed by atoms with Crippen molar-refractivity contribution in [3.05, 3.63) is 58.9 Å². The van der Waals surface area contributed by atoms with E-state index in [4.69, 9.17) is 0 Å². The van der Waals surface area contributed by atoms with Crippen molar-refractivity contribution in [2.45, 2.75) is 20.5 Å². The summed E-state index contributed by atoms with van der Waals surface area (Å²) in [6.07, 6.45) is 0. The zero-order valence-corrected chi connectivity index (χ0v) is 10.00. The zero-order chi connectivity index (χ0) is 12.4. The number of hydrogen-bond acceptors (Lipinski definition) is 1. The van der Waals surface area contributed by atoms with Gasteiger partial charge in [-0.3, -0.25) is 0 Å². The van der Waals surface area contributed by atoms with Gasteiger partial charge in [-0.2, -0.15) is 0 Å². The van der Waals surface area contributed by atoms with Crippen LogP contribution in [0, 0.1) is 19.7 Å². The van der Waals surface area contributed by atoms with Gasteiger partial charge >= 0.3 is 0 Å². The molecule has 0 bridgehead atoms. The lowest BCUT2D eigenvalue weighted by molar-refractivity contribution is 0.282. The number of aliphatic hydroxyl groups excluding tert-OH is 1. The minimum Gasteiger partial charge on any atom is -0.392 e. The minimum atomic E-state index is -0.280. The Labute approximate surface area is 101 Å². The van der Waals surface area contributed by atoms with Crippen molar-refractivity contribution >= 4 is 0 Å². The van der Waals surface area contributed by atoms with Gasteiger partial charge in [-0.1, -0.05) is 29.8 Å². The van der Waals surface area contributed by atoms with E-state index in [9.17, 15) is 9.50 Å². The van der Waals surface area contributed by atoms with Crippen LogP contribution < -0.4 is 0 Å². The molecule has 2 aromatic carbocycles. The summed E-state index contributed by atoms with van der Waals surface area (Å²) in [7, 11) is 0. The third kappa shape index (κ3) is 2.37. The van der Waals surface area contributed by atoms with Crippen LogP contribution in [0.3, 0.4) is 0 Å². The summed E-state index contributed by atoms with van der Waals surface area (Å²) in [5.41, 5.74) is 4.75. The molecule has 0 saturated carbocycles. The molecule has 0 spiro atoms. The third-order valence-corrected chi connectivity index (χ3v) is 2.91. The summed E-state index contributed by atoms with van der Waals surface area (Å²) >= 11 is 0. The standard InChI is InChI=1S/C15H15FO/c1-10-3-6-14(11(2)7-10)15-8-13(16)5-4-12(15)9-17/h3-8,17H,9H2,1-2H3. The summed E-state index contributed by atoms with van der Waals surface area (Å²) in [6.45, 7) is 3.94. The van der Waals surface area contributed by atoms with Gasteiger partial charge in [0.1, 0.15) is 5.82 Å². The fraction of sp³-hybridized carbons (Fsp3) is 0.200. The zero-order valence-electron chi connectivity index (χ0n) is 10.00. The Hall–Kier alpha value is -1.67. The van der Waals surface area contributed by atoms with Gasteiger partial charge in [0.05, 0.1) is 6.61 Å². The van der Waals surface area contributed by atoms with E-state index >= 15 is 0 Å². The lowest BCUT2D eigenvalue weighted by atomic mass is 9.95. The average Bonchev–Trinajstić information content (AvgIpc) is 2.29. The second-order valence-electron chi connectivity index (χ2n) is 4.28. The molecule has 88 valence electrons. The molecule has 0 aliphatic rings. The molecular formula is C15H15FO. The highest BCUT2D eigenvalue weighted by molar-refractivity contribution is 5.70. The first kappa shape index (κ1) is 11.8. The Balaban J connectivity index is 2.62. The summed E-state index contributed by atoms with van der Waals surface area (Å²) in [4.78, 5) is 0. The lowest BCUT2D eigenvalue weighted by Crippen LogP contribution is -1.93. The van der Waals surface area contributed by atoms with E-state index in [-0.39, 0.29) is 12.4 Å². The van der Waals surface area contributed by atoms with Crippen LogP contribution in [0.4, 0.5) is 4.39 Å². The maximum atomic E-state index is 13.3. The van der Waals surface area contributed by atoms with Crippen molar-refractivity contribution in [1.29, 1.82) is 0 Å². The van der Waals surface area contributed by atoms with E-state index in [1.165, 1.54) is 17.7 Å². The van der Waals surface area contributed by atoms with Crippen LogP contribution in [-0.2, 0) is 6.61 Å². The largest absolute Gasteiger partial charge is 0.392 e. The van der Waals surface area contributed by atoms with E-state index in [2.05, 4.69) is 6.07 Å². The Morgan fingerprint density at radius 3 is 2.41 bits per heavy atom. The first-order valence-corrected chi connectivity index (χ1v) is 5.58. The fourth-order valence-electron chi connectivity index (χ4n) is 2.05. The fourth-order valence-corrected chi connectivity index (χ4v) is 2.05. The minimum absolute atomic E-state index is 0.0804. The molecule has 0 fully saturated rings. The molecule has 2 heteroatoms. The molecule has 0 heterocycles. The molecule has 0 aliphatic carbocycles. The Kier molecular flexibility index (Phi) is 3.25. The van der Waals surface area contributed by atoms with Crippen molar-refractivity contribution in [3.8, 4) is 11.1 Å². The van der Waals surface area contributed by atoms with Gasteiger partial charge in [0.25, 0.3) is 0 Å². The highest BCUT2D eigenvalue weighted by Gasteiger charge is 2.08. The predicted octanol–water partition coefficient (Wildman–Crippen LogP) is 3.60. The first-order chi connectivity index (χ1) is 8.11. The topological polar surface area (TPSA) is 20.2 Å². The predicted molar refractivity (Wildman–Crippen MR) is 67.2 cm³/mol. The smallest absolute Gasteiger partial charge is 0.123 e. The second-order valence-corrected chi connectivity index (χ2v) is 4.28. The highest BCUT2D eigenvalue weighted by atomic mass is 19.1. The van der Waals surface area contributed by atoms with Crippen molar-refractivity contribution in [3.63, 3.8) is 0 Å². The molecule has 1 N–H and O–H groups in total. The molecule has 2 rings (SSSR count). The van der Waals surface area contributed by atoms with Crippen LogP contribution in [0.25, 0.3) is 11.1 Å². The van der Waals surface area contributed by atoms with Gasteiger partial charge in [0.15, 0.2) is 0 Å². The van der Waals surface area contributed by atoms with E-state index in [1.807, 2.05) is 26.0 Å². The Bertz CT molecular complexity index is 547. The molecule has 0 radical (unpaired) electrons. The summed E-state index contributed by atoms with van der Waals surface area (Å²) < 4.78 is 13.3. The van der Waals surface area contributed by atoms with Crippen molar-refractivity contribution < 1.29 is 9.50 Å². The van der Waals surface area contributed by atoms with Gasteiger partial charge in [-0.05, 0) is 48.2 Å². The summed E-state index contributed by atoms with van der Waals surface area (Å²) in [5.74, 6) is -0.280. The molecule has 1 nitrogen and oxygen atoms in total. The monoisotopic (exact) mass is 230 g/mol. The SMILES string of the molecule is Cc1ccc(-c2cc(F)ccc2CO)c(C)c1. The van der Waals surface area contributed by atoms with E-state index in [0.29, 0.717) is 0 Å². The average molecular weight is 230 g/mol. The number of aliphatic hydroxyl groups is 1. The van der Waals surface area contributed by atoms with Gasteiger partial charge in [-0.25, -0.2) is 4.39 Å². The van der Waals surface area contributed by atoms with Gasteiger partial charge in [-0.15, -0.1) is 0 Å². The molecule has 0 amide bonds. The van der Waals surface area contributed by atoms with Crippen LogP contribution in [0.15, 0.2) is 36.4 Å². The van der Waals surface area contributed by atoms with Crippen LogP contribution >= 0.6 is 0 Å². The van der Waals surface area contributed by atoms with Gasteiger partial charge in [0.2, 0.25) is 0 Å². The molecular weight excluding hydrogens is 215 g/mol. The first-order valence-electron chi connectivity index (χ1n) is 5.58. The molecule has 0 aromatic heterocycles. The number of aryl methyl sites for hydroxylation is 2. The van der Waals surface area contributed by atoms with Crippen molar-refractivity contribution in [2.24, 2.45) is 0 Å².